The Labute approximate surface area is 141 Å². The van der Waals surface area contributed by atoms with Gasteiger partial charge in [0.1, 0.15) is 0 Å². The quantitative estimate of drug-likeness (QED) is 0.502. The van der Waals surface area contributed by atoms with Crippen LogP contribution in [0, 0.1) is 0 Å². The lowest BCUT2D eigenvalue weighted by Gasteiger charge is -2.39. The Morgan fingerprint density at radius 2 is 0.818 bits per heavy atom. The number of hydrogen-bond donors (Lipinski definition) is 1. The van der Waals surface area contributed by atoms with Crippen LogP contribution in [-0.4, -0.2) is 47.3 Å². The van der Waals surface area contributed by atoms with Crippen molar-refractivity contribution in [2.24, 2.45) is 0 Å². The average Bonchev–Trinajstić information content (AvgIpc) is 2.45. The highest BCUT2D eigenvalue weighted by Gasteiger charge is 2.24. The van der Waals surface area contributed by atoms with E-state index in [1.54, 1.807) is 13.8 Å². The molecule has 3 nitrogen and oxygen atoms in total. The maximum atomic E-state index is 8.06. The van der Waals surface area contributed by atoms with Gasteiger partial charge in [-0.25, -0.2) is 0 Å². The van der Waals surface area contributed by atoms with Crippen molar-refractivity contribution in [3.63, 3.8) is 0 Å². The molecule has 0 unspecified atom stereocenters. The fourth-order valence-electron chi connectivity index (χ4n) is 2.64. The van der Waals surface area contributed by atoms with Crippen LogP contribution in [0.2, 0.25) is 0 Å². The Bertz CT molecular complexity index is 156. The molecular formula is C19H45NO2. The van der Waals surface area contributed by atoms with Crippen molar-refractivity contribution >= 4 is 0 Å². The van der Waals surface area contributed by atoms with Crippen molar-refractivity contribution < 1.29 is 15.1 Å². The fraction of sp³-hybridized carbons (Fsp3) is 1.00. The number of unbranched alkanes of at least 4 members (excludes halogenated alkanes) is 4. The maximum Gasteiger partial charge on any atom is 0.0786 e. The number of quaternary nitrogens is 1. The maximum absolute atomic E-state index is 8.06. The molecule has 3 heteroatoms. The number of aliphatic hydroxyl groups is 1. The van der Waals surface area contributed by atoms with Crippen LogP contribution in [0.3, 0.4) is 0 Å². The molecule has 0 saturated carbocycles. The first-order valence-electron chi connectivity index (χ1n) is 9.51. The Kier molecular flexibility index (Phi) is 23.0. The monoisotopic (exact) mass is 319 g/mol. The summed E-state index contributed by atoms with van der Waals surface area (Å²) in [6.45, 7) is 18.5. The van der Waals surface area contributed by atoms with E-state index in [0.717, 1.165) is 0 Å². The van der Waals surface area contributed by atoms with Gasteiger partial charge in [0.05, 0.1) is 26.2 Å². The molecule has 0 aromatic carbocycles. The van der Waals surface area contributed by atoms with Crippen molar-refractivity contribution in [3.8, 4) is 0 Å². The highest BCUT2D eigenvalue weighted by atomic mass is 16.3. The van der Waals surface area contributed by atoms with Crippen molar-refractivity contribution in [1.29, 1.82) is 0 Å². The van der Waals surface area contributed by atoms with Gasteiger partial charge in [-0.05, 0) is 39.5 Å². The highest BCUT2D eigenvalue weighted by Crippen LogP contribution is 2.16. The second-order valence-corrected chi connectivity index (χ2v) is 6.74. The van der Waals surface area contributed by atoms with Gasteiger partial charge in [-0.3, -0.25) is 0 Å². The second-order valence-electron chi connectivity index (χ2n) is 6.74. The molecule has 0 fully saturated rings. The molecule has 0 aromatic rings. The summed E-state index contributed by atoms with van der Waals surface area (Å²) in [4.78, 5) is 0. The number of aliphatic hydroxyl groups excluding tert-OH is 1. The summed E-state index contributed by atoms with van der Waals surface area (Å²) in [5.41, 5.74) is 0. The van der Waals surface area contributed by atoms with Gasteiger partial charge in [-0.2, -0.15) is 0 Å². The molecule has 22 heavy (non-hydrogen) atoms. The van der Waals surface area contributed by atoms with Crippen LogP contribution in [0.4, 0.5) is 0 Å². The summed E-state index contributed by atoms with van der Waals surface area (Å²) in [5.74, 6) is 0. The highest BCUT2D eigenvalue weighted by molar-refractivity contribution is 4.49. The zero-order valence-corrected chi connectivity index (χ0v) is 16.4. The van der Waals surface area contributed by atoms with E-state index in [-0.39, 0.29) is 11.6 Å². The zero-order chi connectivity index (χ0) is 16.6. The van der Waals surface area contributed by atoms with Crippen molar-refractivity contribution in [2.75, 3.05) is 26.2 Å². The van der Waals surface area contributed by atoms with E-state index in [1.165, 1.54) is 82.0 Å². The number of rotatable bonds is 12. The van der Waals surface area contributed by atoms with Gasteiger partial charge >= 0.3 is 0 Å². The van der Waals surface area contributed by atoms with Crippen molar-refractivity contribution in [2.45, 2.75) is 99.0 Å². The molecule has 138 valence electrons. The minimum absolute atomic E-state index is 0. The molecule has 0 aromatic heterocycles. The largest absolute Gasteiger partial charge is 0.870 e. The lowest BCUT2D eigenvalue weighted by molar-refractivity contribution is -0.929. The van der Waals surface area contributed by atoms with Gasteiger partial charge in [0, 0.05) is 6.10 Å². The summed E-state index contributed by atoms with van der Waals surface area (Å²) < 4.78 is 1.42. The summed E-state index contributed by atoms with van der Waals surface area (Å²) >= 11 is 0. The Morgan fingerprint density at radius 1 is 0.636 bits per heavy atom. The van der Waals surface area contributed by atoms with E-state index in [0.29, 0.717) is 0 Å². The van der Waals surface area contributed by atoms with Crippen LogP contribution in [0.1, 0.15) is 92.9 Å². The molecule has 0 saturated heterocycles. The lowest BCUT2D eigenvalue weighted by atomic mass is 10.1. The molecular weight excluding hydrogens is 274 g/mol. The molecule has 0 rings (SSSR count). The minimum atomic E-state index is -0.167. The number of nitrogens with zero attached hydrogens (tertiary/aromatic N) is 1. The Hall–Kier alpha value is -0.120. The first-order chi connectivity index (χ1) is 9.97. The Balaban J connectivity index is -0.000000640. The van der Waals surface area contributed by atoms with E-state index >= 15 is 0 Å². The van der Waals surface area contributed by atoms with E-state index in [2.05, 4.69) is 27.7 Å². The molecule has 0 bridgehead atoms. The van der Waals surface area contributed by atoms with Crippen LogP contribution in [-0.2, 0) is 0 Å². The molecule has 0 aliphatic rings. The van der Waals surface area contributed by atoms with E-state index in [4.69, 9.17) is 5.11 Å². The smallest absolute Gasteiger partial charge is 0.0786 e. The standard InChI is InChI=1S/C16H36N.C3H8O.H2O/c1-5-9-13-17(14-10-6-2,15-11-7-3)16-12-8-4;1-3(2)4;/h5-16H2,1-4H3;3-4H,1-2H3;1H2/q+1;;/p-1. The molecule has 0 radical (unpaired) electrons. The third-order valence-electron chi connectivity index (χ3n) is 3.94. The SMILES string of the molecule is CC(C)O.CCCC[N+](CCCC)(CCCC)CCCC.[OH-]. The van der Waals surface area contributed by atoms with Gasteiger partial charge in [-0.1, -0.05) is 53.4 Å². The van der Waals surface area contributed by atoms with Gasteiger partial charge in [0.25, 0.3) is 0 Å². The first-order valence-corrected chi connectivity index (χ1v) is 9.51. The van der Waals surface area contributed by atoms with Crippen molar-refractivity contribution in [3.05, 3.63) is 0 Å². The molecule has 0 heterocycles. The van der Waals surface area contributed by atoms with Gasteiger partial charge in [0.15, 0.2) is 0 Å². The second kappa shape index (κ2) is 18.9. The molecule has 2 N–H and O–H groups in total. The summed E-state index contributed by atoms with van der Waals surface area (Å²) in [7, 11) is 0. The molecule has 0 aliphatic heterocycles. The van der Waals surface area contributed by atoms with Crippen LogP contribution < -0.4 is 0 Å². The van der Waals surface area contributed by atoms with Gasteiger partial charge < -0.3 is 15.1 Å². The first kappa shape index (κ1) is 26.8. The molecule has 0 spiro atoms. The van der Waals surface area contributed by atoms with Crippen LogP contribution in [0.25, 0.3) is 0 Å². The van der Waals surface area contributed by atoms with Gasteiger partial charge in [0.2, 0.25) is 0 Å². The topological polar surface area (TPSA) is 50.2 Å². The lowest BCUT2D eigenvalue weighted by Crippen LogP contribution is -2.50. The third kappa shape index (κ3) is 17.9. The van der Waals surface area contributed by atoms with Crippen LogP contribution in [0.5, 0.6) is 0 Å². The summed E-state index contributed by atoms with van der Waals surface area (Å²) in [6, 6.07) is 0. The summed E-state index contributed by atoms with van der Waals surface area (Å²) in [6.07, 6.45) is 10.9. The summed E-state index contributed by atoms with van der Waals surface area (Å²) in [5, 5.41) is 8.06. The Morgan fingerprint density at radius 3 is 0.955 bits per heavy atom. The molecule has 0 aliphatic carbocycles. The van der Waals surface area contributed by atoms with E-state index in [9.17, 15) is 0 Å². The average molecular weight is 320 g/mol. The van der Waals surface area contributed by atoms with Gasteiger partial charge in [-0.15, -0.1) is 0 Å². The third-order valence-corrected chi connectivity index (χ3v) is 3.94. The van der Waals surface area contributed by atoms with Crippen molar-refractivity contribution in [1.82, 2.24) is 0 Å². The normalized spacial score (nSPS) is 10.9. The van der Waals surface area contributed by atoms with E-state index in [1.807, 2.05) is 0 Å². The van der Waals surface area contributed by atoms with E-state index < -0.39 is 0 Å². The fourth-order valence-corrected chi connectivity index (χ4v) is 2.64. The molecule has 0 amide bonds. The zero-order valence-electron chi connectivity index (χ0n) is 16.4. The number of hydrogen-bond acceptors (Lipinski definition) is 2. The van der Waals surface area contributed by atoms with Crippen LogP contribution >= 0.6 is 0 Å². The molecule has 0 atom stereocenters. The predicted molar refractivity (Wildman–Crippen MR) is 98.7 cm³/mol. The predicted octanol–water partition coefficient (Wildman–Crippen LogP) is 5.21. The van der Waals surface area contributed by atoms with Crippen LogP contribution in [0.15, 0.2) is 0 Å². The minimum Gasteiger partial charge on any atom is -0.870 e.